The van der Waals surface area contributed by atoms with Crippen LogP contribution < -0.4 is 10.6 Å². The zero-order valence-electron chi connectivity index (χ0n) is 17.4. The Labute approximate surface area is 187 Å². The van der Waals surface area contributed by atoms with Crippen molar-refractivity contribution in [2.75, 3.05) is 10.6 Å². The average molecular weight is 450 g/mol. The highest BCUT2D eigenvalue weighted by Crippen LogP contribution is 2.22. The maximum absolute atomic E-state index is 13.3. The molecule has 0 aliphatic heterocycles. The molecule has 3 rings (SSSR count). The van der Waals surface area contributed by atoms with Gasteiger partial charge in [0.05, 0.1) is 5.41 Å². The molecule has 164 valence electrons. The molecule has 3 aromatic rings. The fraction of sp³-hybridized carbons (Fsp3) is 0.0833. The molecule has 0 aliphatic carbocycles. The molecule has 4 amide bonds. The topological polar surface area (TPSA) is 95.6 Å². The number of nitrogens with one attached hydrogen (secondary N) is 2. The van der Waals surface area contributed by atoms with Crippen LogP contribution in [0.5, 0.6) is 0 Å². The zero-order chi connectivity index (χ0) is 23.0. The summed E-state index contributed by atoms with van der Waals surface area (Å²) < 4.78 is 26.7. The van der Waals surface area contributed by atoms with E-state index in [4.69, 9.17) is 0 Å². The second-order valence-corrected chi connectivity index (χ2v) is 8.40. The molecule has 3 aromatic carbocycles. The standard InChI is InChI=1S/C24H23N3O4S/c1-2-19(20-12-6-3-7-13-20)18-32(30,31)27(23(28)25-21-14-8-4-9-15-21)24(29)26-22-16-10-5-11-17-22/h3-18H,2H2,1H3,(H,25,28)(H,26,29)/b19-18+. The number of anilines is 2. The van der Waals surface area contributed by atoms with Crippen LogP contribution in [-0.4, -0.2) is 24.8 Å². The molecule has 0 radical (unpaired) electrons. The lowest BCUT2D eigenvalue weighted by molar-refractivity contribution is 0.223. The number of imide groups is 1. The van der Waals surface area contributed by atoms with Gasteiger partial charge in [0.2, 0.25) is 0 Å². The van der Waals surface area contributed by atoms with Gasteiger partial charge >= 0.3 is 12.1 Å². The molecule has 0 atom stereocenters. The Hall–Kier alpha value is -3.91. The third-order valence-electron chi connectivity index (χ3n) is 4.49. The number of sulfonamides is 1. The van der Waals surface area contributed by atoms with E-state index in [1.165, 1.54) is 0 Å². The van der Waals surface area contributed by atoms with E-state index in [2.05, 4.69) is 10.6 Å². The lowest BCUT2D eigenvalue weighted by Crippen LogP contribution is -2.45. The summed E-state index contributed by atoms with van der Waals surface area (Å²) in [5.74, 6) is 0. The third-order valence-corrected chi connectivity index (χ3v) is 5.91. The predicted molar refractivity (Wildman–Crippen MR) is 126 cm³/mol. The van der Waals surface area contributed by atoms with Gasteiger partial charge in [0.1, 0.15) is 0 Å². The third kappa shape index (κ3) is 5.83. The Morgan fingerprint density at radius 2 is 1.16 bits per heavy atom. The maximum Gasteiger partial charge on any atom is 0.344 e. The Morgan fingerprint density at radius 1 is 0.750 bits per heavy atom. The summed E-state index contributed by atoms with van der Waals surface area (Å²) in [4.78, 5) is 25.9. The lowest BCUT2D eigenvalue weighted by atomic mass is 10.1. The van der Waals surface area contributed by atoms with Crippen molar-refractivity contribution in [3.8, 4) is 0 Å². The molecule has 0 saturated heterocycles. The van der Waals surface area contributed by atoms with Crippen molar-refractivity contribution in [2.24, 2.45) is 0 Å². The van der Waals surface area contributed by atoms with Gasteiger partial charge in [-0.3, -0.25) is 0 Å². The summed E-state index contributed by atoms with van der Waals surface area (Å²) in [6.45, 7) is 1.80. The van der Waals surface area contributed by atoms with Gasteiger partial charge in [0, 0.05) is 11.4 Å². The monoisotopic (exact) mass is 449 g/mol. The summed E-state index contributed by atoms with van der Waals surface area (Å²) in [5, 5.41) is 5.88. The Bertz CT molecular complexity index is 1140. The van der Waals surface area contributed by atoms with Gasteiger partial charge in [-0.1, -0.05) is 73.7 Å². The quantitative estimate of drug-likeness (QED) is 0.517. The second kappa shape index (κ2) is 10.4. The molecule has 0 heterocycles. The van der Waals surface area contributed by atoms with Crippen molar-refractivity contribution in [2.45, 2.75) is 13.3 Å². The fourth-order valence-electron chi connectivity index (χ4n) is 2.96. The smallest absolute Gasteiger partial charge is 0.307 e. The van der Waals surface area contributed by atoms with Crippen molar-refractivity contribution in [1.29, 1.82) is 0 Å². The lowest BCUT2D eigenvalue weighted by Gasteiger charge is -2.20. The summed E-state index contributed by atoms with van der Waals surface area (Å²) in [5.41, 5.74) is 1.86. The number of amides is 4. The molecule has 7 nitrogen and oxygen atoms in total. The molecule has 32 heavy (non-hydrogen) atoms. The molecule has 0 unspecified atom stereocenters. The molecular formula is C24H23N3O4S. The van der Waals surface area contributed by atoms with E-state index in [1.807, 2.05) is 6.07 Å². The molecule has 0 saturated carbocycles. The number of benzene rings is 3. The molecule has 0 spiro atoms. The largest absolute Gasteiger partial charge is 0.344 e. The number of hydrogen-bond donors (Lipinski definition) is 2. The van der Waals surface area contributed by atoms with Gasteiger partial charge < -0.3 is 10.6 Å². The number of carbonyl (C=O) groups is 2. The summed E-state index contributed by atoms with van der Waals surface area (Å²) in [6.07, 6.45) is 0.387. The van der Waals surface area contributed by atoms with Crippen LogP contribution in [0.25, 0.3) is 5.57 Å². The summed E-state index contributed by atoms with van der Waals surface area (Å²) in [7, 11) is -4.47. The minimum atomic E-state index is -4.47. The Morgan fingerprint density at radius 3 is 1.56 bits per heavy atom. The van der Waals surface area contributed by atoms with Gasteiger partial charge in [-0.2, -0.15) is 0 Å². The normalized spacial score (nSPS) is 11.5. The molecule has 2 N–H and O–H groups in total. The number of rotatable bonds is 6. The Balaban J connectivity index is 1.98. The van der Waals surface area contributed by atoms with Crippen LogP contribution in [0, 0.1) is 0 Å². The van der Waals surface area contributed by atoms with Crippen LogP contribution in [0.3, 0.4) is 0 Å². The number of urea groups is 2. The van der Waals surface area contributed by atoms with Gasteiger partial charge in [-0.05, 0) is 41.8 Å². The van der Waals surface area contributed by atoms with E-state index in [-0.39, 0.29) is 4.31 Å². The molecule has 0 aromatic heterocycles. The number of carbonyl (C=O) groups excluding carboxylic acids is 2. The molecule has 0 bridgehead atoms. The average Bonchev–Trinajstić information content (AvgIpc) is 2.79. The molecular weight excluding hydrogens is 426 g/mol. The SMILES string of the molecule is CC/C(=C\S(=O)(=O)N(C(=O)Nc1ccccc1)C(=O)Nc1ccccc1)c1ccccc1. The number of nitrogens with zero attached hydrogens (tertiary/aromatic N) is 1. The van der Waals surface area contributed by atoms with Crippen LogP contribution >= 0.6 is 0 Å². The van der Waals surface area contributed by atoms with Crippen molar-refractivity contribution in [1.82, 2.24) is 4.31 Å². The van der Waals surface area contributed by atoms with Crippen LogP contribution in [0.15, 0.2) is 96.4 Å². The first-order valence-corrected chi connectivity index (χ1v) is 11.4. The van der Waals surface area contributed by atoms with Crippen molar-refractivity contribution >= 4 is 39.0 Å². The molecule has 0 aliphatic rings. The molecule has 0 fully saturated rings. The fourth-order valence-corrected chi connectivity index (χ4v) is 4.28. The highest BCUT2D eigenvalue weighted by atomic mass is 32.2. The van der Waals surface area contributed by atoms with Gasteiger partial charge in [0.25, 0.3) is 10.0 Å². The Kier molecular flexibility index (Phi) is 7.41. The highest BCUT2D eigenvalue weighted by Gasteiger charge is 2.33. The number of hydrogen-bond acceptors (Lipinski definition) is 4. The van der Waals surface area contributed by atoms with E-state index in [0.29, 0.717) is 28.9 Å². The maximum atomic E-state index is 13.3. The van der Waals surface area contributed by atoms with E-state index in [0.717, 1.165) is 5.41 Å². The van der Waals surface area contributed by atoms with E-state index < -0.39 is 22.1 Å². The number of para-hydroxylation sites is 2. The van der Waals surface area contributed by atoms with E-state index in [1.54, 1.807) is 91.9 Å². The van der Waals surface area contributed by atoms with Gasteiger partial charge in [0.15, 0.2) is 0 Å². The van der Waals surface area contributed by atoms with E-state index in [9.17, 15) is 18.0 Å². The van der Waals surface area contributed by atoms with Gasteiger partial charge in [-0.25, -0.2) is 18.0 Å². The molecule has 8 heteroatoms. The first-order valence-electron chi connectivity index (χ1n) is 9.94. The van der Waals surface area contributed by atoms with Crippen molar-refractivity contribution in [3.05, 3.63) is 102 Å². The summed E-state index contributed by atoms with van der Waals surface area (Å²) >= 11 is 0. The van der Waals surface area contributed by atoms with Crippen molar-refractivity contribution in [3.63, 3.8) is 0 Å². The minimum absolute atomic E-state index is 0.200. The van der Waals surface area contributed by atoms with Crippen LogP contribution in [0.2, 0.25) is 0 Å². The second-order valence-electron chi connectivity index (χ2n) is 6.76. The first-order chi connectivity index (χ1) is 15.4. The first kappa shape index (κ1) is 22.8. The summed E-state index contributed by atoms with van der Waals surface area (Å²) in [6, 6.07) is 23.3. The zero-order valence-corrected chi connectivity index (χ0v) is 18.2. The van der Waals surface area contributed by atoms with Crippen LogP contribution in [0.1, 0.15) is 18.9 Å². The van der Waals surface area contributed by atoms with Gasteiger partial charge in [-0.15, -0.1) is 4.31 Å². The predicted octanol–water partition coefficient (Wildman–Crippen LogP) is 5.53. The van der Waals surface area contributed by atoms with Crippen LogP contribution in [-0.2, 0) is 10.0 Å². The minimum Gasteiger partial charge on any atom is -0.307 e. The van der Waals surface area contributed by atoms with Crippen LogP contribution in [0.4, 0.5) is 21.0 Å². The van der Waals surface area contributed by atoms with Crippen molar-refractivity contribution < 1.29 is 18.0 Å². The highest BCUT2D eigenvalue weighted by molar-refractivity contribution is 7.93. The number of allylic oxidation sites excluding steroid dienone is 1. The van der Waals surface area contributed by atoms with E-state index >= 15 is 0 Å².